The zero-order chi connectivity index (χ0) is 15.0. The van der Waals surface area contributed by atoms with Crippen molar-refractivity contribution in [1.82, 2.24) is 15.5 Å². The second kappa shape index (κ2) is 4.96. The maximum absolute atomic E-state index is 12.7. The molecule has 2 heterocycles. The van der Waals surface area contributed by atoms with Crippen molar-refractivity contribution in [2.45, 2.75) is 31.0 Å². The van der Waals surface area contributed by atoms with Gasteiger partial charge in [0.15, 0.2) is 0 Å². The summed E-state index contributed by atoms with van der Waals surface area (Å²) >= 11 is 0. The van der Waals surface area contributed by atoms with Gasteiger partial charge >= 0.3 is 24.0 Å². The fourth-order valence-electron chi connectivity index (χ4n) is 1.63. The molecule has 0 spiro atoms. The van der Waals surface area contributed by atoms with Gasteiger partial charge < -0.3 is 9.73 Å². The lowest BCUT2D eigenvalue weighted by Gasteiger charge is -2.17. The Morgan fingerprint density at radius 1 is 1.30 bits per heavy atom. The van der Waals surface area contributed by atoms with Crippen LogP contribution in [0.1, 0.15) is 24.8 Å². The lowest BCUT2D eigenvalue weighted by atomic mass is 10.2. The van der Waals surface area contributed by atoms with Crippen molar-refractivity contribution in [1.29, 1.82) is 0 Å². The number of carbonyl (C=O) groups excluding carboxylic acids is 1. The van der Waals surface area contributed by atoms with E-state index in [0.29, 0.717) is 13.0 Å². The number of rotatable bonds is 3. The second-order valence-electron chi connectivity index (χ2n) is 4.12. The Morgan fingerprint density at radius 2 is 2.00 bits per heavy atom. The van der Waals surface area contributed by atoms with Crippen LogP contribution < -0.4 is 10.6 Å². The van der Waals surface area contributed by atoms with Gasteiger partial charge in [-0.25, -0.2) is 0 Å². The van der Waals surface area contributed by atoms with Gasteiger partial charge in [-0.05, 0) is 19.4 Å². The standard InChI is InChI=1S/C9H9F5N4O2/c10-8(11,9(12,13)14)6(19)16-7-18-17-5(20-7)4-2-1-3-15-4/h4,15H,1-3H2,(H,16,18,19). The molecule has 1 aromatic heterocycles. The van der Waals surface area contributed by atoms with Crippen molar-refractivity contribution in [2.24, 2.45) is 0 Å². The van der Waals surface area contributed by atoms with Crippen molar-refractivity contribution in [3.8, 4) is 0 Å². The number of carbonyl (C=O) groups is 1. The molecule has 1 saturated heterocycles. The summed E-state index contributed by atoms with van der Waals surface area (Å²) in [7, 11) is 0. The molecule has 1 unspecified atom stereocenters. The van der Waals surface area contributed by atoms with Gasteiger partial charge in [0.25, 0.3) is 0 Å². The molecule has 1 aliphatic rings. The summed E-state index contributed by atoms with van der Waals surface area (Å²) in [6.45, 7) is 0.695. The molecular formula is C9H9F5N4O2. The Kier molecular flexibility index (Phi) is 3.63. The van der Waals surface area contributed by atoms with Gasteiger partial charge in [-0.15, -0.1) is 5.10 Å². The first-order chi connectivity index (χ1) is 9.22. The summed E-state index contributed by atoms with van der Waals surface area (Å²) in [5.41, 5.74) is 0. The van der Waals surface area contributed by atoms with E-state index < -0.39 is 24.0 Å². The lowest BCUT2D eigenvalue weighted by Crippen LogP contribution is -2.47. The third kappa shape index (κ3) is 2.71. The van der Waals surface area contributed by atoms with Crippen molar-refractivity contribution in [3.63, 3.8) is 0 Å². The van der Waals surface area contributed by atoms with Gasteiger partial charge in [0.1, 0.15) is 0 Å². The van der Waals surface area contributed by atoms with Crippen LogP contribution in [0.15, 0.2) is 4.42 Å². The van der Waals surface area contributed by atoms with E-state index in [2.05, 4.69) is 15.5 Å². The normalized spacial score (nSPS) is 20.1. The summed E-state index contributed by atoms with van der Waals surface area (Å²) in [5.74, 6) is -8.08. The third-order valence-electron chi connectivity index (χ3n) is 2.66. The van der Waals surface area contributed by atoms with Gasteiger partial charge in [-0.1, -0.05) is 5.10 Å². The van der Waals surface area contributed by atoms with Crippen molar-refractivity contribution in [2.75, 3.05) is 11.9 Å². The smallest absolute Gasteiger partial charge is 0.406 e. The van der Waals surface area contributed by atoms with Gasteiger partial charge in [-0.2, -0.15) is 22.0 Å². The Bertz CT molecular complexity index is 495. The molecule has 2 N–H and O–H groups in total. The van der Waals surface area contributed by atoms with E-state index in [1.165, 1.54) is 5.32 Å². The quantitative estimate of drug-likeness (QED) is 0.829. The van der Waals surface area contributed by atoms with Gasteiger partial charge in [0, 0.05) is 0 Å². The summed E-state index contributed by atoms with van der Waals surface area (Å²) in [6, 6.07) is -1.10. The molecule has 1 aliphatic heterocycles. The topological polar surface area (TPSA) is 80.0 Å². The first kappa shape index (κ1) is 14.6. The average Bonchev–Trinajstić information content (AvgIpc) is 2.96. The number of amides is 1. The lowest BCUT2D eigenvalue weighted by molar-refractivity contribution is -0.267. The molecule has 112 valence electrons. The number of hydrogen-bond acceptors (Lipinski definition) is 5. The zero-order valence-electron chi connectivity index (χ0n) is 9.80. The fraction of sp³-hybridized carbons (Fsp3) is 0.667. The molecule has 1 fully saturated rings. The predicted molar refractivity (Wildman–Crippen MR) is 53.9 cm³/mol. The molecule has 1 aromatic rings. The molecule has 1 amide bonds. The number of alkyl halides is 5. The van der Waals surface area contributed by atoms with Gasteiger partial charge in [0.2, 0.25) is 5.89 Å². The first-order valence-electron chi connectivity index (χ1n) is 5.54. The highest BCUT2D eigenvalue weighted by molar-refractivity contribution is 5.95. The Hall–Kier alpha value is -1.78. The number of anilines is 1. The van der Waals surface area contributed by atoms with Crippen LogP contribution in [-0.4, -0.2) is 34.7 Å². The summed E-state index contributed by atoms with van der Waals surface area (Å²) in [5, 5.41) is 10.9. The average molecular weight is 300 g/mol. The highest BCUT2D eigenvalue weighted by Gasteiger charge is 2.63. The Labute approximate surface area is 108 Å². The highest BCUT2D eigenvalue weighted by Crippen LogP contribution is 2.36. The molecule has 0 aromatic carbocycles. The molecule has 0 bridgehead atoms. The van der Waals surface area contributed by atoms with Crippen LogP contribution in [0.5, 0.6) is 0 Å². The molecule has 6 nitrogen and oxygen atoms in total. The third-order valence-corrected chi connectivity index (χ3v) is 2.66. The molecule has 20 heavy (non-hydrogen) atoms. The minimum atomic E-state index is -5.99. The summed E-state index contributed by atoms with van der Waals surface area (Å²) in [4.78, 5) is 10.9. The number of nitrogens with zero attached hydrogens (tertiary/aromatic N) is 2. The van der Waals surface area contributed by atoms with E-state index >= 15 is 0 Å². The van der Waals surface area contributed by atoms with E-state index in [-0.39, 0.29) is 11.9 Å². The monoisotopic (exact) mass is 300 g/mol. The van der Waals surface area contributed by atoms with Crippen LogP contribution in [0, 0.1) is 0 Å². The van der Waals surface area contributed by atoms with Crippen LogP contribution in [-0.2, 0) is 4.79 Å². The molecular weight excluding hydrogens is 291 g/mol. The van der Waals surface area contributed by atoms with E-state index in [1.54, 1.807) is 0 Å². The predicted octanol–water partition coefficient (Wildman–Crippen LogP) is 1.63. The number of hydrogen-bond donors (Lipinski definition) is 2. The summed E-state index contributed by atoms with van der Waals surface area (Å²) in [6.07, 6.45) is -4.50. The van der Waals surface area contributed by atoms with E-state index in [4.69, 9.17) is 4.42 Å². The maximum Gasteiger partial charge on any atom is 0.463 e. The highest BCUT2D eigenvalue weighted by atomic mass is 19.4. The molecule has 1 atom stereocenters. The number of nitrogens with one attached hydrogen (secondary N) is 2. The second-order valence-corrected chi connectivity index (χ2v) is 4.12. The van der Waals surface area contributed by atoms with E-state index in [0.717, 1.165) is 6.42 Å². The van der Waals surface area contributed by atoms with Crippen LogP contribution in [0.3, 0.4) is 0 Å². The molecule has 0 radical (unpaired) electrons. The van der Waals surface area contributed by atoms with Crippen LogP contribution in [0.2, 0.25) is 0 Å². The van der Waals surface area contributed by atoms with Gasteiger partial charge in [0.05, 0.1) is 6.04 Å². The fourth-order valence-corrected chi connectivity index (χ4v) is 1.63. The maximum atomic E-state index is 12.7. The number of aromatic nitrogens is 2. The largest absolute Gasteiger partial charge is 0.463 e. The molecule has 11 heteroatoms. The summed E-state index contributed by atoms with van der Waals surface area (Å²) < 4.78 is 66.0. The number of halogens is 5. The molecule has 2 rings (SSSR count). The van der Waals surface area contributed by atoms with Crippen molar-refractivity contribution in [3.05, 3.63) is 5.89 Å². The minimum absolute atomic E-state index is 0.0214. The molecule has 0 saturated carbocycles. The van der Waals surface area contributed by atoms with Crippen molar-refractivity contribution < 1.29 is 31.2 Å². The minimum Gasteiger partial charge on any atom is -0.406 e. The van der Waals surface area contributed by atoms with Gasteiger partial charge in [-0.3, -0.25) is 10.1 Å². The Morgan fingerprint density at radius 3 is 2.55 bits per heavy atom. The van der Waals surface area contributed by atoms with Crippen LogP contribution in [0.25, 0.3) is 0 Å². The van der Waals surface area contributed by atoms with E-state index in [1.807, 2.05) is 0 Å². The molecule has 0 aliphatic carbocycles. The zero-order valence-corrected chi connectivity index (χ0v) is 9.80. The first-order valence-corrected chi connectivity index (χ1v) is 5.54. The SMILES string of the molecule is O=C(Nc1nnc(C2CCCN2)o1)C(F)(F)C(F)(F)F. The Balaban J connectivity index is 2.05. The van der Waals surface area contributed by atoms with E-state index in [9.17, 15) is 26.7 Å². The van der Waals surface area contributed by atoms with Crippen LogP contribution >= 0.6 is 0 Å². The van der Waals surface area contributed by atoms with Crippen molar-refractivity contribution >= 4 is 11.9 Å². The van der Waals surface area contributed by atoms with Crippen LogP contribution in [0.4, 0.5) is 28.0 Å².